The summed E-state index contributed by atoms with van der Waals surface area (Å²) in [5, 5.41) is 29.0. The monoisotopic (exact) mass is 304 g/mol. The predicted octanol–water partition coefficient (Wildman–Crippen LogP) is 2.49. The second-order valence-electron chi connectivity index (χ2n) is 4.06. The standard InChI is InChI=1S/C7H7NO3.C7H5NO3/c2*9-5-6-2-1-3-7(4-6)8(10)11/h1-4,9H,5H2;1-5H. The van der Waals surface area contributed by atoms with Crippen LogP contribution in [0.15, 0.2) is 48.5 Å². The summed E-state index contributed by atoms with van der Waals surface area (Å²) in [6.07, 6.45) is 0.576. The van der Waals surface area contributed by atoms with E-state index in [2.05, 4.69) is 0 Å². The van der Waals surface area contributed by atoms with Gasteiger partial charge in [-0.05, 0) is 5.56 Å². The van der Waals surface area contributed by atoms with Crippen LogP contribution >= 0.6 is 0 Å². The Kier molecular flexibility index (Phi) is 6.32. The highest BCUT2D eigenvalue weighted by Gasteiger charge is 2.04. The van der Waals surface area contributed by atoms with E-state index in [0.717, 1.165) is 0 Å². The van der Waals surface area contributed by atoms with E-state index in [1.54, 1.807) is 12.1 Å². The summed E-state index contributed by atoms with van der Waals surface area (Å²) >= 11 is 0. The van der Waals surface area contributed by atoms with Crippen LogP contribution in [-0.2, 0) is 6.61 Å². The molecule has 0 saturated heterocycles. The van der Waals surface area contributed by atoms with Crippen LogP contribution in [-0.4, -0.2) is 21.2 Å². The van der Waals surface area contributed by atoms with Crippen molar-refractivity contribution >= 4 is 17.7 Å². The quantitative estimate of drug-likeness (QED) is 0.525. The van der Waals surface area contributed by atoms with Gasteiger partial charge < -0.3 is 5.11 Å². The molecule has 0 saturated carbocycles. The summed E-state index contributed by atoms with van der Waals surface area (Å²) in [6.45, 7) is -0.165. The molecule has 8 nitrogen and oxygen atoms in total. The van der Waals surface area contributed by atoms with Gasteiger partial charge in [0.2, 0.25) is 0 Å². The van der Waals surface area contributed by atoms with Crippen LogP contribution in [0.25, 0.3) is 0 Å². The van der Waals surface area contributed by atoms with Crippen molar-refractivity contribution in [3.05, 3.63) is 79.9 Å². The van der Waals surface area contributed by atoms with Crippen molar-refractivity contribution in [2.24, 2.45) is 0 Å². The summed E-state index contributed by atoms with van der Waals surface area (Å²) in [6, 6.07) is 11.5. The molecule has 8 heteroatoms. The van der Waals surface area contributed by atoms with Gasteiger partial charge in [0.25, 0.3) is 11.4 Å². The number of rotatable bonds is 4. The molecule has 0 atom stereocenters. The third-order valence-electron chi connectivity index (χ3n) is 2.52. The Morgan fingerprint density at radius 2 is 1.50 bits per heavy atom. The smallest absolute Gasteiger partial charge is 0.270 e. The molecule has 22 heavy (non-hydrogen) atoms. The van der Waals surface area contributed by atoms with E-state index in [1.807, 2.05) is 0 Å². The molecule has 0 heterocycles. The number of nitro benzene ring substituents is 2. The zero-order valence-electron chi connectivity index (χ0n) is 11.3. The van der Waals surface area contributed by atoms with Gasteiger partial charge >= 0.3 is 0 Å². The minimum atomic E-state index is -0.535. The normalized spacial score (nSPS) is 9.32. The molecule has 0 amide bonds. The number of nitrogens with zero attached hydrogens (tertiary/aromatic N) is 2. The Hall–Kier alpha value is -3.13. The van der Waals surface area contributed by atoms with Crippen LogP contribution in [0.4, 0.5) is 11.4 Å². The molecule has 0 aliphatic carbocycles. The van der Waals surface area contributed by atoms with Crippen LogP contribution in [0.1, 0.15) is 15.9 Å². The minimum absolute atomic E-state index is 0.0107. The van der Waals surface area contributed by atoms with Gasteiger partial charge in [0.05, 0.1) is 16.5 Å². The van der Waals surface area contributed by atoms with Gasteiger partial charge in [-0.1, -0.05) is 24.3 Å². The molecule has 1 N–H and O–H groups in total. The Morgan fingerprint density at radius 1 is 0.955 bits per heavy atom. The molecule has 2 aromatic carbocycles. The molecule has 0 fully saturated rings. The van der Waals surface area contributed by atoms with Crippen LogP contribution in [0.5, 0.6) is 0 Å². The van der Waals surface area contributed by atoms with Crippen molar-refractivity contribution < 1.29 is 19.7 Å². The summed E-state index contributed by atoms with van der Waals surface area (Å²) < 4.78 is 0. The third-order valence-corrected chi connectivity index (χ3v) is 2.52. The zero-order valence-corrected chi connectivity index (χ0v) is 11.3. The van der Waals surface area contributed by atoms with Gasteiger partial charge in [-0.15, -0.1) is 0 Å². The van der Waals surface area contributed by atoms with Crippen molar-refractivity contribution in [3.63, 3.8) is 0 Å². The number of carbonyl (C=O) groups is 1. The fraction of sp³-hybridized carbons (Fsp3) is 0.0714. The molecule has 0 aliphatic rings. The highest BCUT2D eigenvalue weighted by molar-refractivity contribution is 5.75. The molecule has 0 bridgehead atoms. The predicted molar refractivity (Wildman–Crippen MR) is 77.5 cm³/mol. The fourth-order valence-corrected chi connectivity index (χ4v) is 1.48. The molecule has 0 spiro atoms. The SMILES string of the molecule is O=Cc1cccc([N+](=O)[O-])c1.O=[N+]([O-])c1cccc(CO)c1. The number of carbonyl (C=O) groups excluding carboxylic acids is 1. The lowest BCUT2D eigenvalue weighted by Crippen LogP contribution is -1.89. The van der Waals surface area contributed by atoms with E-state index < -0.39 is 9.85 Å². The molecular weight excluding hydrogens is 292 g/mol. The lowest BCUT2D eigenvalue weighted by molar-refractivity contribution is -0.385. The van der Waals surface area contributed by atoms with E-state index in [4.69, 9.17) is 5.11 Å². The van der Waals surface area contributed by atoms with Crippen LogP contribution in [0.3, 0.4) is 0 Å². The zero-order chi connectivity index (χ0) is 16.5. The fourth-order valence-electron chi connectivity index (χ4n) is 1.48. The maximum Gasteiger partial charge on any atom is 0.270 e. The molecule has 2 aromatic rings. The summed E-state index contributed by atoms with van der Waals surface area (Å²) in [5.41, 5.74) is 0.824. The minimum Gasteiger partial charge on any atom is -0.392 e. The van der Waals surface area contributed by atoms with Gasteiger partial charge in [-0.2, -0.15) is 0 Å². The summed E-state index contributed by atoms with van der Waals surface area (Å²) in [4.78, 5) is 29.5. The average Bonchev–Trinajstić information content (AvgIpc) is 2.55. The highest BCUT2D eigenvalue weighted by atomic mass is 16.6. The van der Waals surface area contributed by atoms with E-state index >= 15 is 0 Å². The van der Waals surface area contributed by atoms with Gasteiger partial charge in [-0.25, -0.2) is 0 Å². The maximum absolute atomic E-state index is 10.2. The Labute approximate surface area is 124 Å². The first-order chi connectivity index (χ1) is 10.5. The van der Waals surface area contributed by atoms with Gasteiger partial charge in [0.1, 0.15) is 6.29 Å². The van der Waals surface area contributed by atoms with Crippen molar-refractivity contribution in [2.75, 3.05) is 0 Å². The average molecular weight is 304 g/mol. The Morgan fingerprint density at radius 3 is 2.00 bits per heavy atom. The van der Waals surface area contributed by atoms with Gasteiger partial charge in [0.15, 0.2) is 0 Å². The number of aldehydes is 1. The van der Waals surface area contributed by atoms with Crippen molar-refractivity contribution in [1.82, 2.24) is 0 Å². The lowest BCUT2D eigenvalue weighted by atomic mass is 10.2. The molecule has 0 aliphatic heterocycles. The van der Waals surface area contributed by atoms with Crippen molar-refractivity contribution in [2.45, 2.75) is 6.61 Å². The van der Waals surface area contributed by atoms with E-state index in [9.17, 15) is 25.0 Å². The van der Waals surface area contributed by atoms with Crippen molar-refractivity contribution in [3.8, 4) is 0 Å². The molecule has 114 valence electrons. The van der Waals surface area contributed by atoms with E-state index in [0.29, 0.717) is 17.4 Å². The maximum atomic E-state index is 10.2. The molecular formula is C14H12N2O6. The second kappa shape index (κ2) is 8.22. The number of aliphatic hydroxyl groups excluding tert-OH is 1. The van der Waals surface area contributed by atoms with E-state index in [-0.39, 0.29) is 18.0 Å². The Bertz CT molecular complexity index is 687. The third kappa shape index (κ3) is 5.10. The molecule has 2 rings (SSSR count). The Balaban J connectivity index is 0.000000220. The number of non-ortho nitro benzene ring substituents is 2. The summed E-state index contributed by atoms with van der Waals surface area (Å²) in [5.74, 6) is 0. The molecule has 0 unspecified atom stereocenters. The molecule has 0 aromatic heterocycles. The van der Waals surface area contributed by atoms with Gasteiger partial charge in [0, 0.05) is 29.8 Å². The number of hydrogen-bond acceptors (Lipinski definition) is 6. The lowest BCUT2D eigenvalue weighted by Gasteiger charge is -1.93. The van der Waals surface area contributed by atoms with Gasteiger partial charge in [-0.3, -0.25) is 25.0 Å². The first-order valence-corrected chi connectivity index (χ1v) is 6.01. The largest absolute Gasteiger partial charge is 0.392 e. The van der Waals surface area contributed by atoms with E-state index in [1.165, 1.54) is 36.4 Å². The van der Waals surface area contributed by atoms with Crippen LogP contribution in [0.2, 0.25) is 0 Å². The summed E-state index contributed by atoms with van der Waals surface area (Å²) in [7, 11) is 0. The first-order valence-electron chi connectivity index (χ1n) is 6.01. The molecule has 0 radical (unpaired) electrons. The number of hydrogen-bond donors (Lipinski definition) is 1. The van der Waals surface area contributed by atoms with Crippen LogP contribution < -0.4 is 0 Å². The number of aliphatic hydroxyl groups is 1. The topological polar surface area (TPSA) is 124 Å². The number of nitro groups is 2. The van der Waals surface area contributed by atoms with Crippen molar-refractivity contribution in [1.29, 1.82) is 0 Å². The first kappa shape index (κ1) is 16.9. The second-order valence-corrected chi connectivity index (χ2v) is 4.06. The highest BCUT2D eigenvalue weighted by Crippen LogP contribution is 2.12. The number of benzene rings is 2. The van der Waals surface area contributed by atoms with Crippen LogP contribution in [0, 0.1) is 20.2 Å².